The number of methoxy groups -OCH3 is 2. The predicted octanol–water partition coefficient (Wildman–Crippen LogP) is 1.57. The van der Waals surface area contributed by atoms with Crippen LogP contribution in [0.4, 0.5) is 0 Å². The molecule has 2 nitrogen and oxygen atoms in total. The molecule has 58 valence electrons. The van der Waals surface area contributed by atoms with Gasteiger partial charge < -0.3 is 9.47 Å². The molecule has 1 saturated carbocycles. The molecule has 10 heavy (non-hydrogen) atoms. The standard InChI is InChI=1S/C8H14O2/c1-4-7-5-8(6-7,9-2)10-3/h4,7H,1,5-6H2,2-3H3. The van der Waals surface area contributed by atoms with Crippen LogP contribution in [0.25, 0.3) is 0 Å². The Morgan fingerprint density at radius 2 is 1.90 bits per heavy atom. The van der Waals surface area contributed by atoms with E-state index in [2.05, 4.69) is 6.58 Å². The lowest BCUT2D eigenvalue weighted by molar-refractivity contribution is -0.263. The highest BCUT2D eigenvalue weighted by Gasteiger charge is 2.43. The van der Waals surface area contributed by atoms with Gasteiger partial charge in [-0.2, -0.15) is 0 Å². The fourth-order valence-electron chi connectivity index (χ4n) is 1.32. The molecule has 1 fully saturated rings. The van der Waals surface area contributed by atoms with Crippen LogP contribution in [-0.2, 0) is 9.47 Å². The highest BCUT2D eigenvalue weighted by Crippen LogP contribution is 2.41. The zero-order valence-electron chi connectivity index (χ0n) is 6.59. The summed E-state index contributed by atoms with van der Waals surface area (Å²) in [4.78, 5) is 0. The lowest BCUT2D eigenvalue weighted by atomic mass is 9.79. The highest BCUT2D eigenvalue weighted by atomic mass is 16.7. The van der Waals surface area contributed by atoms with Crippen LogP contribution in [0.2, 0.25) is 0 Å². The second-order valence-corrected chi connectivity index (χ2v) is 2.72. The quantitative estimate of drug-likeness (QED) is 0.440. The summed E-state index contributed by atoms with van der Waals surface area (Å²) in [6.07, 6.45) is 3.85. The van der Waals surface area contributed by atoms with E-state index in [9.17, 15) is 0 Å². The minimum atomic E-state index is -0.293. The molecule has 0 amide bonds. The summed E-state index contributed by atoms with van der Waals surface area (Å²) in [6, 6.07) is 0. The molecule has 0 aromatic heterocycles. The molecule has 0 bridgehead atoms. The van der Waals surface area contributed by atoms with E-state index in [-0.39, 0.29) is 5.79 Å². The molecular formula is C8H14O2. The number of hydrogen-bond donors (Lipinski definition) is 0. The van der Waals surface area contributed by atoms with Crippen LogP contribution in [-0.4, -0.2) is 20.0 Å². The van der Waals surface area contributed by atoms with Crippen molar-refractivity contribution in [2.45, 2.75) is 18.6 Å². The van der Waals surface area contributed by atoms with E-state index < -0.39 is 0 Å². The fourth-order valence-corrected chi connectivity index (χ4v) is 1.32. The van der Waals surface area contributed by atoms with Crippen LogP contribution in [0, 0.1) is 5.92 Å². The van der Waals surface area contributed by atoms with Crippen molar-refractivity contribution in [2.75, 3.05) is 14.2 Å². The van der Waals surface area contributed by atoms with Crippen molar-refractivity contribution in [3.63, 3.8) is 0 Å². The van der Waals surface area contributed by atoms with Gasteiger partial charge in [0.25, 0.3) is 0 Å². The minimum absolute atomic E-state index is 0.293. The van der Waals surface area contributed by atoms with Gasteiger partial charge in [-0.25, -0.2) is 0 Å². The Bertz CT molecular complexity index is 119. The van der Waals surface area contributed by atoms with Gasteiger partial charge in [0.05, 0.1) is 0 Å². The minimum Gasteiger partial charge on any atom is -0.353 e. The summed E-state index contributed by atoms with van der Waals surface area (Å²) in [6.45, 7) is 3.71. The molecule has 1 aliphatic carbocycles. The molecule has 0 aromatic carbocycles. The van der Waals surface area contributed by atoms with Crippen molar-refractivity contribution in [3.05, 3.63) is 12.7 Å². The third-order valence-corrected chi connectivity index (χ3v) is 2.22. The second kappa shape index (κ2) is 2.72. The first-order valence-corrected chi connectivity index (χ1v) is 3.49. The number of rotatable bonds is 3. The third kappa shape index (κ3) is 1.09. The highest BCUT2D eigenvalue weighted by molar-refractivity contribution is 4.96. The fraction of sp³-hybridized carbons (Fsp3) is 0.750. The molecule has 1 aliphatic rings. The Balaban J connectivity index is 2.38. The first-order valence-electron chi connectivity index (χ1n) is 3.49. The first-order chi connectivity index (χ1) is 4.76. The Morgan fingerprint density at radius 3 is 2.20 bits per heavy atom. The van der Waals surface area contributed by atoms with Crippen LogP contribution in [0.15, 0.2) is 12.7 Å². The van der Waals surface area contributed by atoms with Gasteiger partial charge in [0, 0.05) is 27.1 Å². The topological polar surface area (TPSA) is 18.5 Å². The number of hydrogen-bond acceptors (Lipinski definition) is 2. The van der Waals surface area contributed by atoms with Crippen LogP contribution >= 0.6 is 0 Å². The average Bonchev–Trinajstić information content (AvgIpc) is 1.89. The van der Waals surface area contributed by atoms with Gasteiger partial charge in [-0.3, -0.25) is 0 Å². The van der Waals surface area contributed by atoms with Gasteiger partial charge in [0.2, 0.25) is 0 Å². The molecule has 0 unspecified atom stereocenters. The Labute approximate surface area is 61.8 Å². The molecule has 0 N–H and O–H groups in total. The van der Waals surface area contributed by atoms with Crippen molar-refractivity contribution < 1.29 is 9.47 Å². The Morgan fingerprint density at radius 1 is 1.40 bits per heavy atom. The third-order valence-electron chi connectivity index (χ3n) is 2.22. The second-order valence-electron chi connectivity index (χ2n) is 2.72. The van der Waals surface area contributed by atoms with Crippen molar-refractivity contribution in [3.8, 4) is 0 Å². The van der Waals surface area contributed by atoms with Gasteiger partial charge in [0.15, 0.2) is 5.79 Å². The number of allylic oxidation sites excluding steroid dienone is 1. The molecule has 2 heteroatoms. The molecule has 0 spiro atoms. The normalized spacial score (nSPS) is 23.8. The molecule has 0 heterocycles. The summed E-state index contributed by atoms with van der Waals surface area (Å²) in [5, 5.41) is 0. The Hall–Kier alpha value is -0.340. The van der Waals surface area contributed by atoms with Crippen molar-refractivity contribution in [1.82, 2.24) is 0 Å². The van der Waals surface area contributed by atoms with E-state index in [0.29, 0.717) is 5.92 Å². The molecule has 0 saturated heterocycles. The van der Waals surface area contributed by atoms with E-state index in [1.807, 2.05) is 6.08 Å². The zero-order chi connectivity index (χ0) is 7.61. The van der Waals surface area contributed by atoms with E-state index >= 15 is 0 Å². The summed E-state index contributed by atoms with van der Waals surface area (Å²) in [5.41, 5.74) is 0. The average molecular weight is 142 g/mol. The van der Waals surface area contributed by atoms with Crippen molar-refractivity contribution in [2.24, 2.45) is 5.92 Å². The van der Waals surface area contributed by atoms with Gasteiger partial charge in [-0.1, -0.05) is 6.08 Å². The number of ether oxygens (including phenoxy) is 2. The summed E-state index contributed by atoms with van der Waals surface area (Å²) in [5.74, 6) is 0.290. The van der Waals surface area contributed by atoms with Crippen molar-refractivity contribution >= 4 is 0 Å². The van der Waals surface area contributed by atoms with Gasteiger partial charge in [0.1, 0.15) is 0 Å². The SMILES string of the molecule is C=CC1CC(OC)(OC)C1. The monoisotopic (exact) mass is 142 g/mol. The van der Waals surface area contributed by atoms with Crippen LogP contribution in [0.1, 0.15) is 12.8 Å². The van der Waals surface area contributed by atoms with Crippen LogP contribution < -0.4 is 0 Å². The summed E-state index contributed by atoms with van der Waals surface area (Å²) < 4.78 is 10.4. The van der Waals surface area contributed by atoms with Gasteiger partial charge >= 0.3 is 0 Å². The molecule has 0 aliphatic heterocycles. The van der Waals surface area contributed by atoms with Crippen LogP contribution in [0.5, 0.6) is 0 Å². The maximum absolute atomic E-state index is 5.18. The van der Waals surface area contributed by atoms with Crippen LogP contribution in [0.3, 0.4) is 0 Å². The zero-order valence-corrected chi connectivity index (χ0v) is 6.59. The van der Waals surface area contributed by atoms with Gasteiger partial charge in [-0.05, 0) is 5.92 Å². The molecule has 1 rings (SSSR count). The van der Waals surface area contributed by atoms with Gasteiger partial charge in [-0.15, -0.1) is 6.58 Å². The molecule has 0 atom stereocenters. The predicted molar refractivity (Wildman–Crippen MR) is 39.7 cm³/mol. The largest absolute Gasteiger partial charge is 0.353 e. The van der Waals surface area contributed by atoms with Crippen molar-refractivity contribution in [1.29, 1.82) is 0 Å². The molecular weight excluding hydrogens is 128 g/mol. The summed E-state index contributed by atoms with van der Waals surface area (Å²) >= 11 is 0. The molecule has 0 radical (unpaired) electrons. The summed E-state index contributed by atoms with van der Waals surface area (Å²) in [7, 11) is 3.37. The maximum Gasteiger partial charge on any atom is 0.168 e. The lowest BCUT2D eigenvalue weighted by Gasteiger charge is -2.43. The lowest BCUT2D eigenvalue weighted by Crippen LogP contribution is -2.46. The van der Waals surface area contributed by atoms with E-state index in [4.69, 9.17) is 9.47 Å². The van der Waals surface area contributed by atoms with E-state index in [1.165, 1.54) is 0 Å². The molecule has 0 aromatic rings. The Kier molecular flexibility index (Phi) is 2.11. The van der Waals surface area contributed by atoms with E-state index in [0.717, 1.165) is 12.8 Å². The smallest absolute Gasteiger partial charge is 0.168 e. The maximum atomic E-state index is 5.18. The first kappa shape index (κ1) is 7.76. The van der Waals surface area contributed by atoms with E-state index in [1.54, 1.807) is 14.2 Å².